The zero-order chi connectivity index (χ0) is 24.3. The Hall–Kier alpha value is -3.57. The van der Waals surface area contributed by atoms with Crippen molar-refractivity contribution in [3.63, 3.8) is 0 Å². The Balaban J connectivity index is 1.62. The summed E-state index contributed by atoms with van der Waals surface area (Å²) in [5, 5.41) is 4.79. The predicted octanol–water partition coefficient (Wildman–Crippen LogP) is 4.25. The van der Waals surface area contributed by atoms with Gasteiger partial charge in [-0.3, -0.25) is 9.20 Å². The van der Waals surface area contributed by atoms with Gasteiger partial charge in [0.25, 0.3) is 12.3 Å². The van der Waals surface area contributed by atoms with Crippen molar-refractivity contribution in [2.75, 3.05) is 18.4 Å². The normalized spacial score (nSPS) is 14.0. The molecule has 0 bridgehead atoms. The van der Waals surface area contributed by atoms with Crippen LogP contribution in [0.25, 0.3) is 11.2 Å². The third-order valence-electron chi connectivity index (χ3n) is 5.28. The lowest BCUT2D eigenvalue weighted by atomic mass is 9.99. The summed E-state index contributed by atoms with van der Waals surface area (Å²) in [6, 6.07) is 3.53. The van der Waals surface area contributed by atoms with Crippen LogP contribution in [0, 0.1) is 0 Å². The summed E-state index contributed by atoms with van der Waals surface area (Å²) in [4.78, 5) is 25.1. The highest BCUT2D eigenvalue weighted by Gasteiger charge is 2.26. The molecule has 1 aliphatic rings. The van der Waals surface area contributed by atoms with Crippen molar-refractivity contribution in [2.45, 2.75) is 38.3 Å². The molecular formula is C22H21F5N6O. The van der Waals surface area contributed by atoms with E-state index in [0.29, 0.717) is 17.8 Å². The Morgan fingerprint density at radius 1 is 1.18 bits per heavy atom. The maximum absolute atomic E-state index is 12.5. The molecule has 34 heavy (non-hydrogen) atoms. The topological polar surface area (TPSA) is 84.2 Å². The van der Waals surface area contributed by atoms with Gasteiger partial charge in [-0.2, -0.15) is 13.2 Å². The third kappa shape index (κ3) is 5.49. The van der Waals surface area contributed by atoms with Crippen LogP contribution in [0.2, 0.25) is 0 Å². The number of allylic oxidation sites excluding steroid dienone is 1. The second-order valence-electron chi connectivity index (χ2n) is 7.75. The minimum Gasteiger partial charge on any atom is -0.354 e. The first-order valence-electron chi connectivity index (χ1n) is 10.6. The van der Waals surface area contributed by atoms with Crippen LogP contribution in [0.5, 0.6) is 0 Å². The minimum absolute atomic E-state index is 0.118. The van der Waals surface area contributed by atoms with E-state index in [2.05, 4.69) is 25.6 Å². The van der Waals surface area contributed by atoms with Crippen LogP contribution in [0.3, 0.4) is 0 Å². The molecule has 0 saturated heterocycles. The molecule has 0 atom stereocenters. The van der Waals surface area contributed by atoms with Gasteiger partial charge in [-0.05, 0) is 42.5 Å². The molecule has 12 heteroatoms. The van der Waals surface area contributed by atoms with Gasteiger partial charge in [0.1, 0.15) is 11.3 Å². The highest BCUT2D eigenvalue weighted by Crippen LogP contribution is 2.31. The summed E-state index contributed by atoms with van der Waals surface area (Å²) in [5.41, 5.74) is 3.58. The van der Waals surface area contributed by atoms with Gasteiger partial charge in [0.2, 0.25) is 5.95 Å². The van der Waals surface area contributed by atoms with Crippen LogP contribution in [0.15, 0.2) is 36.8 Å². The second-order valence-corrected chi connectivity index (χ2v) is 7.75. The molecule has 3 aromatic rings. The van der Waals surface area contributed by atoms with Crippen molar-refractivity contribution >= 4 is 23.1 Å². The van der Waals surface area contributed by atoms with E-state index >= 15 is 0 Å². The summed E-state index contributed by atoms with van der Waals surface area (Å²) >= 11 is 0. The lowest BCUT2D eigenvalue weighted by Gasteiger charge is -2.13. The van der Waals surface area contributed by atoms with Gasteiger partial charge >= 0.3 is 6.18 Å². The molecule has 4 rings (SSSR count). The number of hydrogen-bond donors (Lipinski definition) is 2. The highest BCUT2D eigenvalue weighted by molar-refractivity contribution is 5.93. The Bertz CT molecular complexity index is 1220. The number of carbonyl (C=O) groups is 1. The van der Waals surface area contributed by atoms with E-state index < -0.39 is 31.5 Å². The number of hydrogen-bond acceptors (Lipinski definition) is 5. The fourth-order valence-electron chi connectivity index (χ4n) is 3.70. The number of pyridine rings is 1. The zero-order valence-electron chi connectivity index (χ0n) is 17.9. The van der Waals surface area contributed by atoms with Gasteiger partial charge in [0.05, 0.1) is 24.9 Å². The quantitative estimate of drug-likeness (QED) is 0.494. The zero-order valence-corrected chi connectivity index (χ0v) is 17.9. The van der Waals surface area contributed by atoms with Gasteiger partial charge in [-0.15, -0.1) is 0 Å². The molecule has 3 heterocycles. The molecule has 1 aliphatic carbocycles. The standard InChI is InChI=1S/C22H21F5N6O/c23-18(24)11-30-20(34)17-10-29-19-6-5-13(12-33(17)19)14-3-1-2-4-16-15(14)9-31-21(32-16)28-8-7-22(25,26)27/h3,5-6,9-10,12,18H,1-2,4,7-8,11H2,(H,30,34)(H,28,31,32). The fraction of sp³-hybridized carbons (Fsp3) is 0.364. The summed E-state index contributed by atoms with van der Waals surface area (Å²) in [7, 11) is 0. The van der Waals surface area contributed by atoms with E-state index in [4.69, 9.17) is 0 Å². The third-order valence-corrected chi connectivity index (χ3v) is 5.28. The van der Waals surface area contributed by atoms with Crippen LogP contribution in [0.1, 0.15) is 46.6 Å². The summed E-state index contributed by atoms with van der Waals surface area (Å²) in [6.45, 7) is -1.08. The molecule has 0 aromatic carbocycles. The van der Waals surface area contributed by atoms with Gasteiger partial charge in [-0.25, -0.2) is 23.7 Å². The maximum Gasteiger partial charge on any atom is 0.390 e. The number of halogens is 5. The minimum atomic E-state index is -4.27. The smallest absolute Gasteiger partial charge is 0.354 e. The molecule has 0 spiro atoms. The first-order valence-corrected chi connectivity index (χ1v) is 10.6. The van der Waals surface area contributed by atoms with Crippen molar-refractivity contribution in [3.8, 4) is 0 Å². The molecule has 3 aromatic heterocycles. The summed E-state index contributed by atoms with van der Waals surface area (Å²) < 4.78 is 63.7. The average molecular weight is 480 g/mol. The Labute approximate surface area is 191 Å². The number of alkyl halides is 5. The molecule has 0 saturated carbocycles. The predicted molar refractivity (Wildman–Crippen MR) is 115 cm³/mol. The van der Waals surface area contributed by atoms with Gasteiger partial charge in [0, 0.05) is 24.5 Å². The molecule has 2 N–H and O–H groups in total. The lowest BCUT2D eigenvalue weighted by molar-refractivity contribution is -0.131. The van der Waals surface area contributed by atoms with E-state index in [9.17, 15) is 26.7 Å². The van der Waals surface area contributed by atoms with Gasteiger partial charge in [-0.1, -0.05) is 6.08 Å². The van der Waals surface area contributed by atoms with Crippen molar-refractivity contribution in [1.82, 2.24) is 24.7 Å². The summed E-state index contributed by atoms with van der Waals surface area (Å²) in [6.07, 6.45) is 0.834. The SMILES string of the molecule is O=C(NCC(F)F)c1cnc2ccc(C3=CCCCc4nc(NCCC(F)(F)F)ncc43)cn12. The van der Waals surface area contributed by atoms with Crippen LogP contribution in [-0.4, -0.2) is 51.0 Å². The number of nitrogens with one attached hydrogen (secondary N) is 2. The second kappa shape index (κ2) is 9.74. The van der Waals surface area contributed by atoms with Crippen molar-refractivity contribution in [1.29, 1.82) is 0 Å². The fourth-order valence-corrected chi connectivity index (χ4v) is 3.70. The number of amides is 1. The summed E-state index contributed by atoms with van der Waals surface area (Å²) in [5.74, 6) is -0.537. The number of nitrogens with zero attached hydrogens (tertiary/aromatic N) is 4. The first-order chi connectivity index (χ1) is 16.2. The number of anilines is 1. The van der Waals surface area contributed by atoms with E-state index in [0.717, 1.165) is 29.5 Å². The first kappa shape index (κ1) is 23.6. The van der Waals surface area contributed by atoms with Crippen LogP contribution < -0.4 is 10.6 Å². The maximum atomic E-state index is 12.5. The van der Waals surface area contributed by atoms with E-state index in [1.807, 2.05) is 12.1 Å². The number of imidazole rings is 1. The van der Waals surface area contributed by atoms with E-state index in [1.54, 1.807) is 18.5 Å². The van der Waals surface area contributed by atoms with Gasteiger partial charge < -0.3 is 10.6 Å². The number of carbonyl (C=O) groups excluding carboxylic acids is 1. The van der Waals surface area contributed by atoms with Crippen molar-refractivity contribution < 1.29 is 26.7 Å². The molecule has 0 aliphatic heterocycles. The Morgan fingerprint density at radius 2 is 2.00 bits per heavy atom. The molecular weight excluding hydrogens is 459 g/mol. The molecule has 7 nitrogen and oxygen atoms in total. The molecule has 0 fully saturated rings. The molecule has 0 radical (unpaired) electrons. The Kier molecular flexibility index (Phi) is 6.75. The van der Waals surface area contributed by atoms with Crippen LogP contribution in [0.4, 0.5) is 27.9 Å². The molecule has 180 valence electrons. The highest BCUT2D eigenvalue weighted by atomic mass is 19.4. The van der Waals surface area contributed by atoms with Crippen molar-refractivity contribution in [3.05, 3.63) is 59.3 Å². The largest absolute Gasteiger partial charge is 0.390 e. The van der Waals surface area contributed by atoms with Crippen LogP contribution >= 0.6 is 0 Å². The average Bonchev–Trinajstić information content (AvgIpc) is 3.09. The molecule has 0 unspecified atom stereocenters. The Morgan fingerprint density at radius 3 is 2.76 bits per heavy atom. The van der Waals surface area contributed by atoms with E-state index in [-0.39, 0.29) is 18.2 Å². The molecule has 1 amide bonds. The lowest BCUT2D eigenvalue weighted by Crippen LogP contribution is -2.29. The van der Waals surface area contributed by atoms with E-state index in [1.165, 1.54) is 10.6 Å². The number of aromatic nitrogens is 4. The van der Waals surface area contributed by atoms with Crippen LogP contribution in [-0.2, 0) is 6.42 Å². The number of rotatable bonds is 7. The number of fused-ring (bicyclic) bond motifs is 2. The van der Waals surface area contributed by atoms with Gasteiger partial charge in [0.15, 0.2) is 0 Å². The number of aryl methyl sites for hydroxylation is 1. The van der Waals surface area contributed by atoms with Crippen molar-refractivity contribution in [2.24, 2.45) is 0 Å². The monoisotopic (exact) mass is 480 g/mol.